The van der Waals surface area contributed by atoms with E-state index in [9.17, 15) is 4.79 Å². The first-order valence-electron chi connectivity index (χ1n) is 13.9. The summed E-state index contributed by atoms with van der Waals surface area (Å²) in [5, 5.41) is 16.6. The second-order valence-electron chi connectivity index (χ2n) is 13.8. The van der Waals surface area contributed by atoms with Crippen molar-refractivity contribution in [3.8, 4) is 0 Å². The number of Topliss-reactive ketones (excluding diaryl/α,β-unsaturated/α-hetero) is 1. The summed E-state index contributed by atoms with van der Waals surface area (Å²) in [7, 11) is 1.47. The summed E-state index contributed by atoms with van der Waals surface area (Å²) in [6, 6.07) is 8.62. The minimum Gasteiger partial charge on any atom is -0.301 e. The Morgan fingerprint density at radius 2 is 1.39 bits per heavy atom. The van der Waals surface area contributed by atoms with E-state index in [4.69, 9.17) is 0 Å². The van der Waals surface area contributed by atoms with E-state index in [-0.39, 0.29) is 27.8 Å². The van der Waals surface area contributed by atoms with Crippen molar-refractivity contribution < 1.29 is 4.79 Å². The lowest BCUT2D eigenvalue weighted by molar-refractivity contribution is -0.120. The summed E-state index contributed by atoms with van der Waals surface area (Å²) >= 11 is 0. The van der Waals surface area contributed by atoms with E-state index in [0.29, 0.717) is 18.6 Å². The second kappa shape index (κ2) is 10.8. The first-order valence-corrected chi connectivity index (χ1v) is 19.5. The van der Waals surface area contributed by atoms with Crippen LogP contribution in [0.25, 0.3) is 0 Å². The molecule has 1 atom stereocenters. The monoisotopic (exact) mass is 548 g/mol. The summed E-state index contributed by atoms with van der Waals surface area (Å²) in [5.74, 6) is 0.420. The maximum atomic E-state index is 12.8. The van der Waals surface area contributed by atoms with Gasteiger partial charge in [0.25, 0.3) is 0 Å². The van der Waals surface area contributed by atoms with Gasteiger partial charge in [0, 0.05) is 20.9 Å². The predicted molar refractivity (Wildman–Crippen MR) is 163 cm³/mol. The van der Waals surface area contributed by atoms with Crippen LogP contribution in [-0.2, 0) is 16.0 Å². The fourth-order valence-electron chi connectivity index (χ4n) is 6.96. The molecule has 3 aliphatic rings. The van der Waals surface area contributed by atoms with Crippen LogP contribution in [0.5, 0.6) is 0 Å². The lowest BCUT2D eigenvalue weighted by Gasteiger charge is -2.53. The highest BCUT2D eigenvalue weighted by molar-refractivity contribution is 7.69. The van der Waals surface area contributed by atoms with Crippen molar-refractivity contribution in [2.45, 2.75) is 107 Å². The van der Waals surface area contributed by atoms with Gasteiger partial charge in [0.1, 0.15) is 5.78 Å². The molecule has 3 heterocycles. The van der Waals surface area contributed by atoms with Crippen LogP contribution in [-0.4, -0.2) is 62.7 Å². The molecule has 3 fully saturated rings. The Morgan fingerprint density at radius 3 is 1.83 bits per heavy atom. The second-order valence-corrected chi connectivity index (χ2v) is 23.8. The molecule has 0 bridgehead atoms. The number of rotatable bonds is 6. The molecule has 1 unspecified atom stereocenters. The Hall–Kier alpha value is -0.193. The molecule has 0 radical (unpaired) electrons. The van der Waals surface area contributed by atoms with Crippen molar-refractivity contribution in [1.29, 1.82) is 0 Å². The van der Waals surface area contributed by atoms with Crippen LogP contribution in [0.2, 0.25) is 19.6 Å². The molecule has 36 heavy (non-hydrogen) atoms. The highest BCUT2D eigenvalue weighted by atomic mass is 31.1. The SMILES string of the molecule is CC1(C)CC(=O)CC(C)(C)P1c1ccc(C[Si](C)(C)C)cc1C(P)(C1NCCCN1)C1NCCCN1. The molecule has 0 saturated carbocycles. The van der Waals surface area contributed by atoms with Gasteiger partial charge in [0.2, 0.25) is 0 Å². The zero-order valence-corrected chi connectivity index (χ0v) is 26.7. The average Bonchev–Trinajstić information content (AvgIpc) is 2.77. The Balaban J connectivity index is 1.93. The smallest absolute Gasteiger partial charge is 0.134 e. The molecule has 1 aromatic carbocycles. The van der Waals surface area contributed by atoms with Crippen LogP contribution in [0.4, 0.5) is 0 Å². The van der Waals surface area contributed by atoms with Crippen LogP contribution in [0.1, 0.15) is 64.5 Å². The summed E-state index contributed by atoms with van der Waals surface area (Å²) in [6.07, 6.45) is 3.96. The van der Waals surface area contributed by atoms with Gasteiger partial charge in [-0.1, -0.05) is 79.0 Å². The number of carbonyl (C=O) groups excluding carboxylic acids is 1. The molecule has 5 nitrogen and oxygen atoms in total. The molecule has 1 aromatic rings. The van der Waals surface area contributed by atoms with Crippen molar-refractivity contribution >= 4 is 36.3 Å². The van der Waals surface area contributed by atoms with Crippen molar-refractivity contribution in [3.05, 3.63) is 29.3 Å². The molecule has 8 heteroatoms. The Kier molecular flexibility index (Phi) is 8.61. The van der Waals surface area contributed by atoms with Crippen molar-refractivity contribution in [1.82, 2.24) is 21.3 Å². The maximum absolute atomic E-state index is 12.8. The van der Waals surface area contributed by atoms with Gasteiger partial charge in [-0.3, -0.25) is 4.79 Å². The van der Waals surface area contributed by atoms with E-state index in [0.717, 1.165) is 39.0 Å². The lowest BCUT2D eigenvalue weighted by atomic mass is 9.88. The number of carbonyl (C=O) groups is 1. The number of ketones is 1. The van der Waals surface area contributed by atoms with Gasteiger partial charge in [0.05, 0.1) is 17.5 Å². The average molecular weight is 549 g/mol. The van der Waals surface area contributed by atoms with Gasteiger partial charge >= 0.3 is 0 Å². The van der Waals surface area contributed by atoms with E-state index >= 15 is 0 Å². The van der Waals surface area contributed by atoms with Crippen LogP contribution in [0, 0.1) is 0 Å². The van der Waals surface area contributed by atoms with E-state index in [1.807, 2.05) is 0 Å². The largest absolute Gasteiger partial charge is 0.301 e. The van der Waals surface area contributed by atoms with Gasteiger partial charge < -0.3 is 21.3 Å². The molecular formula is C28H50N4OP2Si. The highest BCUT2D eigenvalue weighted by Gasteiger charge is 2.52. The highest BCUT2D eigenvalue weighted by Crippen LogP contribution is 2.65. The molecule has 0 amide bonds. The van der Waals surface area contributed by atoms with Crippen LogP contribution >= 0.6 is 17.2 Å². The molecule has 202 valence electrons. The number of hydrogen-bond acceptors (Lipinski definition) is 5. The maximum Gasteiger partial charge on any atom is 0.134 e. The topological polar surface area (TPSA) is 65.2 Å². The minimum absolute atomic E-state index is 0.0321. The van der Waals surface area contributed by atoms with Gasteiger partial charge in [-0.15, -0.1) is 9.24 Å². The fraction of sp³-hybridized carbons (Fsp3) is 0.750. The standard InChI is InChI=1S/C28H50N4OP2Si/c1-26(2)17-21(33)18-27(3,4)35(26)23-11-10-20(19-36(5,6)7)16-22(23)28(34,24-29-12-8-13-30-24)25-31-14-9-15-32-25/h10-11,16,24-25,29-32H,8-9,12-15,17-19,34H2,1-7H3. The Morgan fingerprint density at radius 1 is 0.917 bits per heavy atom. The third-order valence-corrected chi connectivity index (χ3v) is 14.1. The molecule has 0 aliphatic carbocycles. The zero-order chi connectivity index (χ0) is 26.4. The normalized spacial score (nSPS) is 24.7. The van der Waals surface area contributed by atoms with E-state index < -0.39 is 16.0 Å². The fourth-order valence-corrected chi connectivity index (χ4v) is 13.6. The number of benzene rings is 1. The molecule has 4 rings (SSSR count). The Labute approximate surface area is 224 Å². The van der Waals surface area contributed by atoms with Gasteiger partial charge in [-0.25, -0.2) is 0 Å². The molecule has 3 saturated heterocycles. The van der Waals surface area contributed by atoms with Crippen LogP contribution in [0.3, 0.4) is 0 Å². The third kappa shape index (κ3) is 6.01. The summed E-state index contributed by atoms with van der Waals surface area (Å²) in [4.78, 5) is 12.8. The quantitative estimate of drug-likeness (QED) is 0.320. The summed E-state index contributed by atoms with van der Waals surface area (Å²) in [5.41, 5.74) is 2.91. The van der Waals surface area contributed by atoms with Crippen LogP contribution < -0.4 is 26.6 Å². The van der Waals surface area contributed by atoms with Crippen LogP contribution in [0.15, 0.2) is 18.2 Å². The molecular weight excluding hydrogens is 498 g/mol. The van der Waals surface area contributed by atoms with Crippen molar-refractivity contribution in [2.75, 3.05) is 26.2 Å². The summed E-state index contributed by atoms with van der Waals surface area (Å²) in [6.45, 7) is 20.9. The Bertz CT molecular complexity index is 911. The van der Waals surface area contributed by atoms with E-state index in [1.54, 1.807) is 0 Å². The molecule has 0 aromatic heterocycles. The molecule has 4 N–H and O–H groups in total. The summed E-state index contributed by atoms with van der Waals surface area (Å²) < 4.78 is 0. The van der Waals surface area contributed by atoms with Crippen molar-refractivity contribution in [2.24, 2.45) is 0 Å². The predicted octanol–water partition coefficient (Wildman–Crippen LogP) is 4.02. The number of hydrogen-bond donors (Lipinski definition) is 4. The number of nitrogens with one attached hydrogen (secondary N) is 4. The minimum atomic E-state index is -1.29. The third-order valence-electron chi connectivity index (χ3n) is 8.03. The van der Waals surface area contributed by atoms with Gasteiger partial charge in [0.15, 0.2) is 0 Å². The lowest BCUT2D eigenvalue weighted by Crippen LogP contribution is -2.69. The first kappa shape index (κ1) is 28.8. The van der Waals surface area contributed by atoms with Crippen molar-refractivity contribution in [3.63, 3.8) is 0 Å². The van der Waals surface area contributed by atoms with E-state index in [1.165, 1.54) is 22.5 Å². The first-order chi connectivity index (χ1) is 16.7. The van der Waals surface area contributed by atoms with Gasteiger partial charge in [-0.05, 0) is 66.2 Å². The van der Waals surface area contributed by atoms with Gasteiger partial charge in [-0.2, -0.15) is 0 Å². The molecule has 0 spiro atoms. The zero-order valence-electron chi connectivity index (χ0n) is 23.7. The molecule has 3 aliphatic heterocycles. The van der Waals surface area contributed by atoms with E-state index in [2.05, 4.69) is 96.0 Å².